The highest BCUT2D eigenvalue weighted by atomic mass is 35.5. The molecule has 0 bridgehead atoms. The Bertz CT molecular complexity index is 667. The fourth-order valence-electron chi connectivity index (χ4n) is 3.24. The third kappa shape index (κ3) is 5.60. The van der Waals surface area contributed by atoms with Crippen molar-refractivity contribution in [1.29, 1.82) is 0 Å². The van der Waals surface area contributed by atoms with Crippen molar-refractivity contribution in [3.63, 3.8) is 0 Å². The minimum absolute atomic E-state index is 0. The summed E-state index contributed by atoms with van der Waals surface area (Å²) in [5.41, 5.74) is 8.13. The van der Waals surface area contributed by atoms with Crippen LogP contribution >= 0.6 is 12.4 Å². The highest BCUT2D eigenvalue weighted by Gasteiger charge is 2.18. The van der Waals surface area contributed by atoms with Crippen molar-refractivity contribution in [3.8, 4) is 0 Å². The van der Waals surface area contributed by atoms with E-state index < -0.39 is 0 Å². The Balaban J connectivity index is 0.00000312. The van der Waals surface area contributed by atoms with Gasteiger partial charge in [0, 0.05) is 28.9 Å². The monoisotopic (exact) mass is 364 g/mol. The summed E-state index contributed by atoms with van der Waals surface area (Å²) >= 11 is 0. The number of hydrazone groups is 1. The third-order valence-corrected chi connectivity index (χ3v) is 4.36. The van der Waals surface area contributed by atoms with E-state index in [0.717, 1.165) is 12.8 Å². The Labute approximate surface area is 154 Å². The number of nitrogen functional groups attached to an aromatic ring is 1. The second-order valence-electron chi connectivity index (χ2n) is 6.21. The average Bonchev–Trinajstić information content (AvgIpc) is 2.55. The molecule has 1 aliphatic carbocycles. The van der Waals surface area contributed by atoms with Gasteiger partial charge < -0.3 is 16.9 Å². The first-order valence-electron chi connectivity index (χ1n) is 8.16. The van der Waals surface area contributed by atoms with Gasteiger partial charge >= 0.3 is 0 Å². The number of benzene rings is 1. The predicted molar refractivity (Wildman–Crippen MR) is 105 cm³/mol. The quantitative estimate of drug-likeness (QED) is 0.236. The molecular formula is C18H25ClN4O2. The zero-order valence-corrected chi connectivity index (χ0v) is 15.0. The number of nitrogens with zero attached hydrogens (tertiary/aromatic N) is 1. The van der Waals surface area contributed by atoms with Gasteiger partial charge in [-0.25, -0.2) is 0 Å². The van der Waals surface area contributed by atoms with E-state index in [2.05, 4.69) is 17.0 Å². The number of hydrogen-bond donors (Lipinski definition) is 3. The van der Waals surface area contributed by atoms with Crippen molar-refractivity contribution in [2.75, 3.05) is 11.1 Å². The standard InChI is InChI=1S/C18H24N4O2.ClH/c1-12(10-21-20)18-14(11-23)8-15(9-16(18)19)22-17(24)7-13-5-3-2-4-6-13;/h8-11,13H,1-7,19-20H2,(H,22,24);1H/b21-10-;. The summed E-state index contributed by atoms with van der Waals surface area (Å²) in [7, 11) is 0. The van der Waals surface area contributed by atoms with Gasteiger partial charge in [0.05, 0.1) is 6.21 Å². The Kier molecular flexibility index (Phi) is 8.15. The van der Waals surface area contributed by atoms with Gasteiger partial charge in [0.1, 0.15) is 0 Å². The maximum absolute atomic E-state index is 12.2. The summed E-state index contributed by atoms with van der Waals surface area (Å²) in [4.78, 5) is 23.6. The normalized spacial score (nSPS) is 14.7. The van der Waals surface area contributed by atoms with Gasteiger partial charge in [-0.1, -0.05) is 25.8 Å². The first kappa shape index (κ1) is 20.7. The summed E-state index contributed by atoms with van der Waals surface area (Å²) in [5, 5.41) is 6.24. The van der Waals surface area contributed by atoms with Crippen LogP contribution in [0.5, 0.6) is 0 Å². The number of allylic oxidation sites excluding steroid dienone is 1. The average molecular weight is 365 g/mol. The van der Waals surface area contributed by atoms with Gasteiger partial charge in [-0.15, -0.1) is 12.4 Å². The highest BCUT2D eigenvalue weighted by Crippen LogP contribution is 2.29. The van der Waals surface area contributed by atoms with E-state index >= 15 is 0 Å². The number of anilines is 2. The van der Waals surface area contributed by atoms with Gasteiger partial charge in [0.15, 0.2) is 6.29 Å². The summed E-state index contributed by atoms with van der Waals surface area (Å²) in [6, 6.07) is 3.21. The van der Waals surface area contributed by atoms with E-state index in [-0.39, 0.29) is 18.3 Å². The van der Waals surface area contributed by atoms with Crippen LogP contribution in [0.3, 0.4) is 0 Å². The molecule has 7 heteroatoms. The SMILES string of the molecule is C=C(/C=N\N)c1c(N)cc(NC(=O)CC2CCCCC2)cc1C=O.Cl. The molecule has 2 rings (SSSR count). The number of hydrogen-bond acceptors (Lipinski definition) is 5. The molecule has 1 saturated carbocycles. The minimum Gasteiger partial charge on any atom is -0.398 e. The molecule has 0 aliphatic heterocycles. The number of carbonyl (C=O) groups excluding carboxylic acids is 2. The molecule has 136 valence electrons. The van der Waals surface area contributed by atoms with Gasteiger partial charge in [0.25, 0.3) is 0 Å². The van der Waals surface area contributed by atoms with Crippen molar-refractivity contribution in [3.05, 3.63) is 29.8 Å². The molecule has 1 fully saturated rings. The molecule has 6 nitrogen and oxygen atoms in total. The smallest absolute Gasteiger partial charge is 0.224 e. The van der Waals surface area contributed by atoms with E-state index in [0.29, 0.717) is 46.7 Å². The molecule has 0 atom stereocenters. The second-order valence-corrected chi connectivity index (χ2v) is 6.21. The minimum atomic E-state index is -0.0479. The summed E-state index contributed by atoms with van der Waals surface area (Å²) < 4.78 is 0. The highest BCUT2D eigenvalue weighted by molar-refractivity contribution is 6.14. The second kappa shape index (κ2) is 9.84. The van der Waals surface area contributed by atoms with Gasteiger partial charge in [-0.3, -0.25) is 9.59 Å². The third-order valence-electron chi connectivity index (χ3n) is 4.36. The molecule has 1 aliphatic rings. The van der Waals surface area contributed by atoms with Crippen LogP contribution in [0.4, 0.5) is 11.4 Å². The maximum Gasteiger partial charge on any atom is 0.224 e. The molecular weight excluding hydrogens is 340 g/mol. The lowest BCUT2D eigenvalue weighted by Crippen LogP contribution is -2.18. The largest absolute Gasteiger partial charge is 0.398 e. The summed E-state index contributed by atoms with van der Waals surface area (Å²) in [6.07, 6.45) is 8.37. The van der Waals surface area contributed by atoms with E-state index in [1.807, 2.05) is 0 Å². The number of halogens is 1. The Morgan fingerprint density at radius 3 is 2.60 bits per heavy atom. The lowest BCUT2D eigenvalue weighted by Gasteiger charge is -2.21. The van der Waals surface area contributed by atoms with Crippen LogP contribution in [0, 0.1) is 5.92 Å². The number of rotatable bonds is 6. The lowest BCUT2D eigenvalue weighted by atomic mass is 9.87. The molecule has 1 aromatic carbocycles. The molecule has 0 aromatic heterocycles. The molecule has 0 radical (unpaired) electrons. The van der Waals surface area contributed by atoms with E-state index in [1.165, 1.54) is 25.5 Å². The fraction of sp³-hybridized carbons (Fsp3) is 0.389. The first-order chi connectivity index (χ1) is 11.5. The maximum atomic E-state index is 12.2. The van der Waals surface area contributed by atoms with Crippen LogP contribution in [0.25, 0.3) is 5.57 Å². The molecule has 0 saturated heterocycles. The molecule has 0 heterocycles. The predicted octanol–water partition coefficient (Wildman–Crippen LogP) is 3.37. The molecule has 25 heavy (non-hydrogen) atoms. The van der Waals surface area contributed by atoms with Crippen molar-refractivity contribution in [2.45, 2.75) is 38.5 Å². The number of nitrogens with two attached hydrogens (primary N) is 2. The molecule has 5 N–H and O–H groups in total. The van der Waals surface area contributed by atoms with Crippen LogP contribution in [0.15, 0.2) is 23.8 Å². The molecule has 0 spiro atoms. The van der Waals surface area contributed by atoms with Crippen LogP contribution < -0.4 is 16.9 Å². The van der Waals surface area contributed by atoms with Crippen molar-refractivity contribution >= 4 is 47.8 Å². The molecule has 0 unspecified atom stereocenters. The number of nitrogens with one attached hydrogen (secondary N) is 1. The van der Waals surface area contributed by atoms with Gasteiger partial charge in [-0.2, -0.15) is 5.10 Å². The zero-order chi connectivity index (χ0) is 17.5. The zero-order valence-electron chi connectivity index (χ0n) is 14.2. The Hall–Kier alpha value is -2.34. The molecule has 1 amide bonds. The Morgan fingerprint density at radius 1 is 1.32 bits per heavy atom. The van der Waals surface area contributed by atoms with Crippen LogP contribution in [0.1, 0.15) is 54.4 Å². The van der Waals surface area contributed by atoms with E-state index in [1.54, 1.807) is 12.1 Å². The number of aldehydes is 1. The lowest BCUT2D eigenvalue weighted by molar-refractivity contribution is -0.117. The van der Waals surface area contributed by atoms with Crippen molar-refractivity contribution < 1.29 is 9.59 Å². The van der Waals surface area contributed by atoms with E-state index in [9.17, 15) is 9.59 Å². The fourth-order valence-corrected chi connectivity index (χ4v) is 3.24. The van der Waals surface area contributed by atoms with Crippen LogP contribution in [-0.4, -0.2) is 18.4 Å². The number of amides is 1. The van der Waals surface area contributed by atoms with E-state index in [4.69, 9.17) is 11.6 Å². The first-order valence-corrected chi connectivity index (χ1v) is 8.16. The van der Waals surface area contributed by atoms with Crippen molar-refractivity contribution in [1.82, 2.24) is 0 Å². The summed E-state index contributed by atoms with van der Waals surface area (Å²) in [5.74, 6) is 5.51. The van der Waals surface area contributed by atoms with Crippen LogP contribution in [-0.2, 0) is 4.79 Å². The van der Waals surface area contributed by atoms with Crippen molar-refractivity contribution in [2.24, 2.45) is 16.9 Å². The molecule has 1 aromatic rings. The summed E-state index contributed by atoms with van der Waals surface area (Å²) in [6.45, 7) is 3.80. The van der Waals surface area contributed by atoms with Gasteiger partial charge in [0.2, 0.25) is 5.91 Å². The van der Waals surface area contributed by atoms with Crippen LogP contribution in [0.2, 0.25) is 0 Å². The Morgan fingerprint density at radius 2 is 2.00 bits per heavy atom. The van der Waals surface area contributed by atoms with Gasteiger partial charge in [-0.05, 0) is 36.5 Å². The number of carbonyl (C=O) groups is 2. The topological polar surface area (TPSA) is 111 Å².